The second-order valence-corrected chi connectivity index (χ2v) is 6.49. The van der Waals surface area contributed by atoms with Crippen molar-refractivity contribution in [3.05, 3.63) is 41.2 Å². The van der Waals surface area contributed by atoms with Crippen molar-refractivity contribution >= 4 is 33.5 Å². The Morgan fingerprint density at radius 2 is 2.00 bits per heavy atom. The number of H-pyrrole nitrogens is 1. The van der Waals surface area contributed by atoms with Crippen LogP contribution in [0.4, 0.5) is 8.78 Å². The zero-order chi connectivity index (χ0) is 17.7. The van der Waals surface area contributed by atoms with Gasteiger partial charge in [0, 0.05) is 17.0 Å². The average molecular weight is 362 g/mol. The quantitative estimate of drug-likeness (QED) is 0.549. The second-order valence-electron chi connectivity index (χ2n) is 6.08. The Labute approximate surface area is 146 Å². The molecule has 4 aromatic rings. The summed E-state index contributed by atoms with van der Waals surface area (Å²) in [5.41, 5.74) is 2.88. The van der Waals surface area contributed by atoms with Gasteiger partial charge in [-0.15, -0.1) is 0 Å². The van der Waals surface area contributed by atoms with Crippen LogP contribution in [0.3, 0.4) is 0 Å². The molecule has 0 radical (unpaired) electrons. The zero-order valence-corrected chi connectivity index (χ0v) is 14.2. The monoisotopic (exact) mass is 361 g/mol. The summed E-state index contributed by atoms with van der Waals surface area (Å²) in [7, 11) is 0. The van der Waals surface area contributed by atoms with Gasteiger partial charge in [-0.05, 0) is 38.1 Å². The molecule has 0 aliphatic rings. The first kappa shape index (κ1) is 16.0. The number of rotatable bonds is 3. The van der Waals surface area contributed by atoms with Crippen LogP contribution in [0, 0.1) is 0 Å². The first-order chi connectivity index (χ1) is 12.0. The van der Waals surface area contributed by atoms with Gasteiger partial charge in [-0.1, -0.05) is 11.6 Å². The first-order valence-electron chi connectivity index (χ1n) is 7.76. The topological polar surface area (TPSA) is 59.4 Å². The lowest BCUT2D eigenvalue weighted by Gasteiger charge is -2.11. The van der Waals surface area contributed by atoms with Crippen molar-refractivity contribution in [2.75, 3.05) is 0 Å². The second kappa shape index (κ2) is 5.77. The van der Waals surface area contributed by atoms with Crippen molar-refractivity contribution in [3.8, 4) is 11.3 Å². The third-order valence-electron chi connectivity index (χ3n) is 4.05. The van der Waals surface area contributed by atoms with E-state index in [1.54, 1.807) is 23.0 Å². The predicted octanol–water partition coefficient (Wildman–Crippen LogP) is 5.15. The molecule has 4 rings (SSSR count). The van der Waals surface area contributed by atoms with Crippen LogP contribution >= 0.6 is 11.6 Å². The Morgan fingerprint density at radius 3 is 2.72 bits per heavy atom. The van der Waals surface area contributed by atoms with Crippen molar-refractivity contribution in [1.29, 1.82) is 0 Å². The van der Waals surface area contributed by atoms with Gasteiger partial charge in [0.2, 0.25) is 0 Å². The molecule has 25 heavy (non-hydrogen) atoms. The van der Waals surface area contributed by atoms with Gasteiger partial charge in [-0.3, -0.25) is 9.78 Å². The van der Waals surface area contributed by atoms with Crippen LogP contribution in [0.15, 0.2) is 30.5 Å². The Balaban J connectivity index is 2.05. The number of pyridine rings is 1. The van der Waals surface area contributed by atoms with Gasteiger partial charge in [0.1, 0.15) is 16.7 Å². The molecule has 128 valence electrons. The van der Waals surface area contributed by atoms with E-state index in [9.17, 15) is 8.78 Å². The molecule has 3 heterocycles. The predicted molar refractivity (Wildman–Crippen MR) is 93.0 cm³/mol. The fourth-order valence-corrected chi connectivity index (χ4v) is 3.18. The van der Waals surface area contributed by atoms with Gasteiger partial charge >= 0.3 is 0 Å². The molecule has 0 spiro atoms. The molecular formula is C17H14ClF2N5. The molecule has 0 unspecified atom stereocenters. The highest BCUT2D eigenvalue weighted by Crippen LogP contribution is 2.35. The van der Waals surface area contributed by atoms with Gasteiger partial charge in [0.15, 0.2) is 0 Å². The zero-order valence-electron chi connectivity index (χ0n) is 13.5. The molecule has 5 nitrogen and oxygen atoms in total. The third-order valence-corrected chi connectivity index (χ3v) is 4.35. The van der Waals surface area contributed by atoms with Crippen molar-refractivity contribution in [2.45, 2.75) is 26.3 Å². The molecular weight excluding hydrogens is 348 g/mol. The number of fused-ring (bicyclic) bond motifs is 2. The molecule has 0 fully saturated rings. The van der Waals surface area contributed by atoms with Crippen LogP contribution in [-0.4, -0.2) is 25.0 Å². The van der Waals surface area contributed by atoms with Gasteiger partial charge in [-0.2, -0.15) is 10.2 Å². The van der Waals surface area contributed by atoms with E-state index < -0.39 is 6.43 Å². The molecule has 8 heteroatoms. The van der Waals surface area contributed by atoms with Crippen LogP contribution in [0.5, 0.6) is 0 Å². The number of aromatic nitrogens is 5. The van der Waals surface area contributed by atoms with Crippen molar-refractivity contribution in [3.63, 3.8) is 0 Å². The van der Waals surface area contributed by atoms with E-state index >= 15 is 0 Å². The number of benzene rings is 1. The highest BCUT2D eigenvalue weighted by atomic mass is 35.5. The average Bonchev–Trinajstić information content (AvgIpc) is 3.18. The Kier molecular flexibility index (Phi) is 3.68. The summed E-state index contributed by atoms with van der Waals surface area (Å²) in [6, 6.07) is 6.58. The molecule has 0 amide bonds. The first-order valence-corrected chi connectivity index (χ1v) is 8.14. The highest BCUT2D eigenvalue weighted by Gasteiger charge is 2.20. The highest BCUT2D eigenvalue weighted by molar-refractivity contribution is 6.35. The molecule has 0 aliphatic carbocycles. The van der Waals surface area contributed by atoms with Gasteiger partial charge in [0.05, 0.1) is 22.4 Å². The lowest BCUT2D eigenvalue weighted by Crippen LogP contribution is -2.04. The summed E-state index contributed by atoms with van der Waals surface area (Å²) < 4.78 is 28.0. The minimum Gasteiger partial charge on any atom is -0.276 e. The number of alkyl halides is 2. The summed E-state index contributed by atoms with van der Waals surface area (Å²) >= 11 is 6.34. The minimum absolute atomic E-state index is 0.0259. The van der Waals surface area contributed by atoms with E-state index in [0.717, 1.165) is 16.5 Å². The fraction of sp³-hybridized carbons (Fsp3) is 0.235. The number of aromatic amines is 1. The maximum Gasteiger partial charge on any atom is 0.280 e. The van der Waals surface area contributed by atoms with Crippen LogP contribution in [0.25, 0.3) is 33.2 Å². The Morgan fingerprint density at radius 1 is 1.20 bits per heavy atom. The number of halogens is 3. The lowest BCUT2D eigenvalue weighted by molar-refractivity contribution is 0.146. The number of hydrogen-bond acceptors (Lipinski definition) is 3. The summed E-state index contributed by atoms with van der Waals surface area (Å²) in [5, 5.41) is 12.7. The van der Waals surface area contributed by atoms with E-state index in [1.165, 1.54) is 6.07 Å². The molecule has 0 bridgehead atoms. The largest absolute Gasteiger partial charge is 0.280 e. The Bertz CT molecular complexity index is 1080. The molecule has 3 aromatic heterocycles. The van der Waals surface area contributed by atoms with Crippen molar-refractivity contribution in [2.24, 2.45) is 0 Å². The van der Waals surface area contributed by atoms with Crippen LogP contribution in [0.1, 0.15) is 32.0 Å². The van der Waals surface area contributed by atoms with Gasteiger partial charge < -0.3 is 0 Å². The van der Waals surface area contributed by atoms with E-state index in [-0.39, 0.29) is 11.7 Å². The molecule has 0 aliphatic heterocycles. The SMILES string of the molecule is CC(C)n1nc2ccc(C(F)F)nc2c1-c1cc(Cl)c2[nH]ncc2c1. The number of hydrogen-bond donors (Lipinski definition) is 1. The Hall–Kier alpha value is -2.54. The van der Waals surface area contributed by atoms with Crippen molar-refractivity contribution in [1.82, 2.24) is 25.0 Å². The molecule has 0 saturated carbocycles. The molecule has 1 N–H and O–H groups in total. The third kappa shape index (κ3) is 2.55. The van der Waals surface area contributed by atoms with Gasteiger partial charge in [-0.25, -0.2) is 13.8 Å². The smallest absolute Gasteiger partial charge is 0.276 e. The summed E-state index contributed by atoms with van der Waals surface area (Å²) in [4.78, 5) is 4.15. The van der Waals surface area contributed by atoms with Crippen LogP contribution in [-0.2, 0) is 0 Å². The van der Waals surface area contributed by atoms with E-state index in [4.69, 9.17) is 11.6 Å². The summed E-state index contributed by atoms with van der Waals surface area (Å²) in [6.07, 6.45) is -0.972. The van der Waals surface area contributed by atoms with Crippen LogP contribution < -0.4 is 0 Å². The number of nitrogens with zero attached hydrogens (tertiary/aromatic N) is 4. The maximum atomic E-state index is 13.1. The molecule has 0 saturated heterocycles. The lowest BCUT2D eigenvalue weighted by atomic mass is 10.1. The fourth-order valence-electron chi connectivity index (χ4n) is 2.91. The minimum atomic E-state index is -2.64. The van der Waals surface area contributed by atoms with Crippen molar-refractivity contribution < 1.29 is 8.78 Å². The van der Waals surface area contributed by atoms with Crippen LogP contribution in [0.2, 0.25) is 5.02 Å². The van der Waals surface area contributed by atoms with E-state index in [2.05, 4.69) is 20.3 Å². The normalized spacial score (nSPS) is 12.1. The van der Waals surface area contributed by atoms with Gasteiger partial charge in [0.25, 0.3) is 6.43 Å². The molecule has 1 aromatic carbocycles. The standard InChI is InChI=1S/C17H14ClF2N5/c1-8(2)25-16(9-5-10-7-21-23-14(10)11(18)6-9)15-12(24-25)3-4-13(22-15)17(19)20/h3-8,17H,1-2H3,(H,21,23). The van der Waals surface area contributed by atoms with E-state index in [1.807, 2.05) is 19.9 Å². The maximum absolute atomic E-state index is 13.1. The summed E-state index contributed by atoms with van der Waals surface area (Å²) in [6.45, 7) is 3.95. The summed E-state index contributed by atoms with van der Waals surface area (Å²) in [5.74, 6) is 0. The molecule has 0 atom stereocenters. The number of nitrogens with one attached hydrogen (secondary N) is 1. The van der Waals surface area contributed by atoms with E-state index in [0.29, 0.717) is 21.7 Å².